The predicted molar refractivity (Wildman–Crippen MR) is 49.0 cm³/mol. The van der Waals surface area contributed by atoms with E-state index in [4.69, 9.17) is 4.74 Å². The molecule has 0 bridgehead atoms. The SMILES string of the molecule is CCNCCC(C)OC(=O)CC. The zero-order valence-electron chi connectivity index (χ0n) is 8.22. The largest absolute Gasteiger partial charge is 0.463 e. The highest BCUT2D eigenvalue weighted by atomic mass is 16.5. The van der Waals surface area contributed by atoms with Crippen molar-refractivity contribution in [2.24, 2.45) is 0 Å². The Balaban J connectivity index is 3.32. The van der Waals surface area contributed by atoms with Crippen LogP contribution in [0.2, 0.25) is 0 Å². The van der Waals surface area contributed by atoms with Crippen LogP contribution in [0, 0.1) is 0 Å². The van der Waals surface area contributed by atoms with Gasteiger partial charge in [0.05, 0.1) is 0 Å². The summed E-state index contributed by atoms with van der Waals surface area (Å²) in [4.78, 5) is 10.8. The average Bonchev–Trinajstić information content (AvgIpc) is 2.05. The molecular formula is C9H19NO2. The van der Waals surface area contributed by atoms with E-state index >= 15 is 0 Å². The van der Waals surface area contributed by atoms with Gasteiger partial charge in [0.1, 0.15) is 6.10 Å². The molecule has 0 aromatic carbocycles. The molecule has 0 aromatic rings. The molecule has 0 rings (SSSR count). The Morgan fingerprint density at radius 1 is 1.50 bits per heavy atom. The van der Waals surface area contributed by atoms with Crippen LogP contribution in [-0.4, -0.2) is 25.2 Å². The molecule has 0 heterocycles. The van der Waals surface area contributed by atoms with Crippen LogP contribution < -0.4 is 5.32 Å². The molecule has 12 heavy (non-hydrogen) atoms. The van der Waals surface area contributed by atoms with E-state index in [1.165, 1.54) is 0 Å². The first-order valence-electron chi connectivity index (χ1n) is 4.60. The Kier molecular flexibility index (Phi) is 6.76. The smallest absolute Gasteiger partial charge is 0.305 e. The fraction of sp³-hybridized carbons (Fsp3) is 0.889. The predicted octanol–water partition coefficient (Wildman–Crippen LogP) is 1.33. The Morgan fingerprint density at radius 2 is 2.17 bits per heavy atom. The van der Waals surface area contributed by atoms with Gasteiger partial charge in [0.25, 0.3) is 0 Å². The van der Waals surface area contributed by atoms with Gasteiger partial charge in [-0.15, -0.1) is 0 Å². The molecule has 3 heteroatoms. The molecule has 0 amide bonds. The molecule has 3 nitrogen and oxygen atoms in total. The van der Waals surface area contributed by atoms with Crippen molar-refractivity contribution < 1.29 is 9.53 Å². The molecule has 0 fully saturated rings. The summed E-state index contributed by atoms with van der Waals surface area (Å²) in [5.41, 5.74) is 0. The molecule has 1 unspecified atom stereocenters. The maximum atomic E-state index is 10.8. The molecule has 0 aliphatic heterocycles. The first kappa shape index (κ1) is 11.4. The lowest BCUT2D eigenvalue weighted by atomic mass is 10.3. The molecule has 72 valence electrons. The van der Waals surface area contributed by atoms with Gasteiger partial charge in [0, 0.05) is 6.42 Å². The number of hydrogen-bond donors (Lipinski definition) is 1. The summed E-state index contributed by atoms with van der Waals surface area (Å²) in [5, 5.41) is 3.18. The van der Waals surface area contributed by atoms with Crippen molar-refractivity contribution in [2.45, 2.75) is 39.7 Å². The van der Waals surface area contributed by atoms with Gasteiger partial charge in [-0.3, -0.25) is 4.79 Å². The Morgan fingerprint density at radius 3 is 2.67 bits per heavy atom. The summed E-state index contributed by atoms with van der Waals surface area (Å²) < 4.78 is 5.07. The zero-order chi connectivity index (χ0) is 9.40. The minimum absolute atomic E-state index is 0.0384. The summed E-state index contributed by atoms with van der Waals surface area (Å²) in [5.74, 6) is -0.112. The number of ether oxygens (including phenoxy) is 1. The first-order valence-corrected chi connectivity index (χ1v) is 4.60. The van der Waals surface area contributed by atoms with Gasteiger partial charge in [0.2, 0.25) is 0 Å². The van der Waals surface area contributed by atoms with Crippen LogP contribution in [0.5, 0.6) is 0 Å². The molecule has 0 aromatic heterocycles. The highest BCUT2D eigenvalue weighted by Crippen LogP contribution is 1.98. The Labute approximate surface area is 74.5 Å². The second-order valence-electron chi connectivity index (χ2n) is 2.80. The van der Waals surface area contributed by atoms with E-state index < -0.39 is 0 Å². The summed E-state index contributed by atoms with van der Waals surface area (Å²) in [6.45, 7) is 7.66. The molecule has 0 saturated heterocycles. The van der Waals surface area contributed by atoms with E-state index in [1.807, 2.05) is 6.92 Å². The molecule has 0 aliphatic carbocycles. The van der Waals surface area contributed by atoms with Crippen molar-refractivity contribution in [1.82, 2.24) is 5.32 Å². The van der Waals surface area contributed by atoms with E-state index in [-0.39, 0.29) is 12.1 Å². The normalized spacial score (nSPS) is 12.6. The number of carbonyl (C=O) groups excluding carboxylic acids is 1. The molecular weight excluding hydrogens is 154 g/mol. The van der Waals surface area contributed by atoms with E-state index in [9.17, 15) is 4.79 Å². The van der Waals surface area contributed by atoms with Crippen molar-refractivity contribution >= 4 is 5.97 Å². The number of hydrogen-bond acceptors (Lipinski definition) is 3. The monoisotopic (exact) mass is 173 g/mol. The third-order valence-electron chi connectivity index (χ3n) is 1.60. The van der Waals surface area contributed by atoms with Gasteiger partial charge in [-0.05, 0) is 26.4 Å². The molecule has 1 N–H and O–H groups in total. The Bertz CT molecular complexity index is 126. The molecule has 0 saturated carbocycles. The van der Waals surface area contributed by atoms with E-state index in [0.29, 0.717) is 6.42 Å². The standard InChI is InChI=1S/C9H19NO2/c1-4-9(11)12-8(3)6-7-10-5-2/h8,10H,4-7H2,1-3H3. The van der Waals surface area contributed by atoms with E-state index in [1.54, 1.807) is 6.92 Å². The highest BCUT2D eigenvalue weighted by Gasteiger charge is 2.05. The Hall–Kier alpha value is -0.570. The number of esters is 1. The maximum Gasteiger partial charge on any atom is 0.305 e. The van der Waals surface area contributed by atoms with Gasteiger partial charge in [-0.1, -0.05) is 13.8 Å². The lowest BCUT2D eigenvalue weighted by molar-refractivity contribution is -0.148. The van der Waals surface area contributed by atoms with Gasteiger partial charge in [-0.25, -0.2) is 0 Å². The van der Waals surface area contributed by atoms with Crippen LogP contribution in [0.15, 0.2) is 0 Å². The topological polar surface area (TPSA) is 38.3 Å². The number of nitrogens with one attached hydrogen (secondary N) is 1. The van der Waals surface area contributed by atoms with E-state index in [0.717, 1.165) is 19.5 Å². The van der Waals surface area contributed by atoms with Gasteiger partial charge < -0.3 is 10.1 Å². The molecule has 0 aliphatic rings. The highest BCUT2D eigenvalue weighted by molar-refractivity contribution is 5.69. The molecule has 1 atom stereocenters. The van der Waals surface area contributed by atoms with Crippen molar-refractivity contribution in [2.75, 3.05) is 13.1 Å². The molecule has 0 spiro atoms. The minimum Gasteiger partial charge on any atom is -0.463 e. The second kappa shape index (κ2) is 7.10. The van der Waals surface area contributed by atoms with Crippen LogP contribution in [0.1, 0.15) is 33.6 Å². The second-order valence-corrected chi connectivity index (χ2v) is 2.80. The first-order chi connectivity index (χ1) is 5.70. The van der Waals surface area contributed by atoms with E-state index in [2.05, 4.69) is 12.2 Å². The fourth-order valence-corrected chi connectivity index (χ4v) is 0.849. The molecule has 0 radical (unpaired) electrons. The van der Waals surface area contributed by atoms with Crippen LogP contribution in [0.25, 0.3) is 0 Å². The van der Waals surface area contributed by atoms with Crippen molar-refractivity contribution in [3.63, 3.8) is 0 Å². The zero-order valence-corrected chi connectivity index (χ0v) is 8.22. The summed E-state index contributed by atoms with van der Waals surface area (Å²) >= 11 is 0. The third kappa shape index (κ3) is 6.16. The van der Waals surface area contributed by atoms with Crippen molar-refractivity contribution in [3.05, 3.63) is 0 Å². The minimum atomic E-state index is -0.112. The van der Waals surface area contributed by atoms with Crippen LogP contribution >= 0.6 is 0 Å². The fourth-order valence-electron chi connectivity index (χ4n) is 0.849. The summed E-state index contributed by atoms with van der Waals surface area (Å²) in [6, 6.07) is 0. The maximum absolute atomic E-state index is 10.8. The van der Waals surface area contributed by atoms with Gasteiger partial charge in [0.15, 0.2) is 0 Å². The van der Waals surface area contributed by atoms with Crippen LogP contribution in [0.3, 0.4) is 0 Å². The lowest BCUT2D eigenvalue weighted by Crippen LogP contribution is -2.22. The lowest BCUT2D eigenvalue weighted by Gasteiger charge is -2.12. The number of carbonyl (C=O) groups is 1. The number of rotatable bonds is 6. The van der Waals surface area contributed by atoms with Crippen LogP contribution in [0.4, 0.5) is 0 Å². The summed E-state index contributed by atoms with van der Waals surface area (Å²) in [6.07, 6.45) is 1.39. The van der Waals surface area contributed by atoms with Crippen LogP contribution in [-0.2, 0) is 9.53 Å². The van der Waals surface area contributed by atoms with Crippen molar-refractivity contribution in [1.29, 1.82) is 0 Å². The van der Waals surface area contributed by atoms with Gasteiger partial charge >= 0.3 is 5.97 Å². The van der Waals surface area contributed by atoms with Gasteiger partial charge in [-0.2, -0.15) is 0 Å². The third-order valence-corrected chi connectivity index (χ3v) is 1.60. The quantitative estimate of drug-likeness (QED) is 0.486. The van der Waals surface area contributed by atoms with Crippen molar-refractivity contribution in [3.8, 4) is 0 Å². The summed E-state index contributed by atoms with van der Waals surface area (Å²) in [7, 11) is 0. The average molecular weight is 173 g/mol.